The molecule has 0 bridgehead atoms. The third kappa shape index (κ3) is 3.53. The highest BCUT2D eigenvalue weighted by Crippen LogP contribution is 2.28. The molecule has 0 aliphatic carbocycles. The zero-order valence-corrected chi connectivity index (χ0v) is 13.0. The molecule has 0 fully saturated rings. The number of halogens is 1. The molecule has 2 nitrogen and oxygen atoms in total. The van der Waals surface area contributed by atoms with Crippen LogP contribution < -0.4 is 10.6 Å². The molecular weight excluding hydrogens is 268 g/mol. The van der Waals surface area contributed by atoms with Gasteiger partial charge in [0, 0.05) is 29.5 Å². The van der Waals surface area contributed by atoms with E-state index in [9.17, 15) is 0 Å². The lowest BCUT2D eigenvalue weighted by atomic mass is 10.1. The SMILES string of the molecule is Cc1ccc(N(C)c2ccc(CC(C)N)c(Cl)c2)cc1. The quantitative estimate of drug-likeness (QED) is 0.908. The van der Waals surface area contributed by atoms with E-state index in [1.807, 2.05) is 20.0 Å². The van der Waals surface area contributed by atoms with E-state index in [1.165, 1.54) is 5.56 Å². The summed E-state index contributed by atoms with van der Waals surface area (Å²) in [6.45, 7) is 4.08. The maximum absolute atomic E-state index is 6.35. The van der Waals surface area contributed by atoms with Crippen LogP contribution in [0.5, 0.6) is 0 Å². The van der Waals surface area contributed by atoms with Gasteiger partial charge in [0.15, 0.2) is 0 Å². The fourth-order valence-electron chi connectivity index (χ4n) is 2.17. The van der Waals surface area contributed by atoms with Crippen LogP contribution in [0.3, 0.4) is 0 Å². The number of hydrogen-bond acceptors (Lipinski definition) is 2. The predicted molar refractivity (Wildman–Crippen MR) is 88.0 cm³/mol. The normalized spacial score (nSPS) is 12.2. The van der Waals surface area contributed by atoms with Gasteiger partial charge in [-0.1, -0.05) is 35.4 Å². The first kappa shape index (κ1) is 14.9. The topological polar surface area (TPSA) is 29.3 Å². The van der Waals surface area contributed by atoms with Gasteiger partial charge in [0.2, 0.25) is 0 Å². The van der Waals surface area contributed by atoms with Gasteiger partial charge in [-0.15, -0.1) is 0 Å². The smallest absolute Gasteiger partial charge is 0.0459 e. The number of nitrogens with two attached hydrogens (primary N) is 1. The van der Waals surface area contributed by atoms with Gasteiger partial charge in [-0.05, 0) is 50.1 Å². The van der Waals surface area contributed by atoms with Crippen molar-refractivity contribution in [1.82, 2.24) is 0 Å². The zero-order valence-electron chi connectivity index (χ0n) is 12.2. The lowest BCUT2D eigenvalue weighted by Crippen LogP contribution is -2.18. The summed E-state index contributed by atoms with van der Waals surface area (Å²) in [6.07, 6.45) is 0.799. The number of nitrogens with zero attached hydrogens (tertiary/aromatic N) is 1. The minimum atomic E-state index is 0.119. The van der Waals surface area contributed by atoms with Gasteiger partial charge in [-0.25, -0.2) is 0 Å². The molecule has 0 spiro atoms. The van der Waals surface area contributed by atoms with E-state index in [4.69, 9.17) is 17.3 Å². The third-order valence-corrected chi connectivity index (χ3v) is 3.74. The molecule has 20 heavy (non-hydrogen) atoms. The van der Waals surface area contributed by atoms with Crippen molar-refractivity contribution in [2.45, 2.75) is 26.3 Å². The predicted octanol–water partition coefficient (Wildman–Crippen LogP) is 4.31. The molecule has 1 atom stereocenters. The number of rotatable bonds is 4. The molecule has 0 amide bonds. The molecule has 0 saturated heterocycles. The highest BCUT2D eigenvalue weighted by atomic mass is 35.5. The van der Waals surface area contributed by atoms with Crippen LogP contribution in [-0.4, -0.2) is 13.1 Å². The molecule has 1 unspecified atom stereocenters. The molecule has 2 N–H and O–H groups in total. The Morgan fingerprint density at radius 3 is 2.25 bits per heavy atom. The van der Waals surface area contributed by atoms with Crippen LogP contribution in [0.2, 0.25) is 5.02 Å². The fourth-order valence-corrected chi connectivity index (χ4v) is 2.43. The summed E-state index contributed by atoms with van der Waals surface area (Å²) in [5, 5.41) is 0.777. The summed E-state index contributed by atoms with van der Waals surface area (Å²) >= 11 is 6.35. The molecule has 106 valence electrons. The highest BCUT2D eigenvalue weighted by Gasteiger charge is 2.08. The van der Waals surface area contributed by atoms with Gasteiger partial charge in [0.1, 0.15) is 0 Å². The van der Waals surface area contributed by atoms with E-state index >= 15 is 0 Å². The van der Waals surface area contributed by atoms with Crippen molar-refractivity contribution < 1.29 is 0 Å². The first-order chi connectivity index (χ1) is 9.47. The fraction of sp³-hybridized carbons (Fsp3) is 0.294. The Kier molecular flexibility index (Phi) is 4.69. The van der Waals surface area contributed by atoms with Crippen molar-refractivity contribution >= 4 is 23.0 Å². The Morgan fingerprint density at radius 1 is 1.10 bits per heavy atom. The summed E-state index contributed by atoms with van der Waals surface area (Å²) < 4.78 is 0. The number of aryl methyl sites for hydroxylation is 1. The zero-order chi connectivity index (χ0) is 14.7. The molecule has 0 radical (unpaired) electrons. The first-order valence-electron chi connectivity index (χ1n) is 6.82. The Bertz CT molecular complexity index is 576. The van der Waals surface area contributed by atoms with Crippen LogP contribution in [0.15, 0.2) is 42.5 Å². The highest BCUT2D eigenvalue weighted by molar-refractivity contribution is 6.31. The van der Waals surface area contributed by atoms with Gasteiger partial charge in [0.05, 0.1) is 0 Å². The minimum absolute atomic E-state index is 0.119. The summed E-state index contributed by atoms with van der Waals surface area (Å²) in [4.78, 5) is 2.13. The molecule has 2 aromatic rings. The largest absolute Gasteiger partial charge is 0.345 e. The van der Waals surface area contributed by atoms with E-state index in [-0.39, 0.29) is 6.04 Å². The van der Waals surface area contributed by atoms with Crippen LogP contribution in [-0.2, 0) is 6.42 Å². The standard InChI is InChI=1S/C17H21ClN2/c1-12-4-7-15(8-5-12)20(3)16-9-6-14(10-13(2)19)17(18)11-16/h4-9,11,13H,10,19H2,1-3H3. The Morgan fingerprint density at radius 2 is 1.70 bits per heavy atom. The van der Waals surface area contributed by atoms with Crippen LogP contribution >= 0.6 is 11.6 Å². The van der Waals surface area contributed by atoms with Crippen molar-refractivity contribution in [1.29, 1.82) is 0 Å². The van der Waals surface area contributed by atoms with Crippen LogP contribution in [0, 0.1) is 6.92 Å². The van der Waals surface area contributed by atoms with Crippen molar-refractivity contribution in [3.8, 4) is 0 Å². The van der Waals surface area contributed by atoms with Gasteiger partial charge in [-0.2, -0.15) is 0 Å². The molecule has 0 aromatic heterocycles. The average molecular weight is 289 g/mol. The molecular formula is C17H21ClN2. The molecule has 2 rings (SSSR count). The molecule has 0 aliphatic rings. The van der Waals surface area contributed by atoms with Crippen LogP contribution in [0.1, 0.15) is 18.1 Å². The lowest BCUT2D eigenvalue weighted by molar-refractivity contribution is 0.738. The van der Waals surface area contributed by atoms with Crippen molar-refractivity contribution in [2.24, 2.45) is 5.73 Å². The van der Waals surface area contributed by atoms with Crippen molar-refractivity contribution in [2.75, 3.05) is 11.9 Å². The Labute approximate surface area is 126 Å². The van der Waals surface area contributed by atoms with E-state index < -0.39 is 0 Å². The number of benzene rings is 2. The van der Waals surface area contributed by atoms with E-state index in [0.717, 1.165) is 28.4 Å². The van der Waals surface area contributed by atoms with Crippen LogP contribution in [0.4, 0.5) is 11.4 Å². The second-order valence-corrected chi connectivity index (χ2v) is 5.76. The summed E-state index contributed by atoms with van der Waals surface area (Å²) in [5.41, 5.74) is 10.4. The summed E-state index contributed by atoms with van der Waals surface area (Å²) in [7, 11) is 2.04. The minimum Gasteiger partial charge on any atom is -0.345 e. The maximum atomic E-state index is 6.35. The third-order valence-electron chi connectivity index (χ3n) is 3.39. The second kappa shape index (κ2) is 6.29. The molecule has 0 aliphatic heterocycles. The lowest BCUT2D eigenvalue weighted by Gasteiger charge is -2.21. The van der Waals surface area contributed by atoms with Crippen molar-refractivity contribution in [3.63, 3.8) is 0 Å². The second-order valence-electron chi connectivity index (χ2n) is 5.35. The van der Waals surface area contributed by atoms with E-state index in [2.05, 4.69) is 48.2 Å². The molecule has 0 saturated carbocycles. The maximum Gasteiger partial charge on any atom is 0.0459 e. The monoisotopic (exact) mass is 288 g/mol. The van der Waals surface area contributed by atoms with Crippen LogP contribution in [0.25, 0.3) is 0 Å². The van der Waals surface area contributed by atoms with Gasteiger partial charge >= 0.3 is 0 Å². The molecule has 2 aromatic carbocycles. The first-order valence-corrected chi connectivity index (χ1v) is 7.19. The van der Waals surface area contributed by atoms with Gasteiger partial charge in [0.25, 0.3) is 0 Å². The Balaban J connectivity index is 2.24. The Hall–Kier alpha value is -1.51. The molecule has 0 heterocycles. The summed E-state index contributed by atoms with van der Waals surface area (Å²) in [6, 6.07) is 14.7. The van der Waals surface area contributed by atoms with Gasteiger partial charge < -0.3 is 10.6 Å². The van der Waals surface area contributed by atoms with Crippen molar-refractivity contribution in [3.05, 3.63) is 58.6 Å². The summed E-state index contributed by atoms with van der Waals surface area (Å²) in [5.74, 6) is 0. The average Bonchev–Trinajstić information content (AvgIpc) is 2.41. The van der Waals surface area contributed by atoms with E-state index in [0.29, 0.717) is 0 Å². The van der Waals surface area contributed by atoms with E-state index in [1.54, 1.807) is 0 Å². The van der Waals surface area contributed by atoms with Gasteiger partial charge in [-0.3, -0.25) is 0 Å². The molecule has 3 heteroatoms. The number of anilines is 2. The number of hydrogen-bond donors (Lipinski definition) is 1.